The van der Waals surface area contributed by atoms with Crippen LogP contribution in [0.3, 0.4) is 0 Å². The number of rotatable bonds is 4. The van der Waals surface area contributed by atoms with E-state index in [1.165, 1.54) is 0 Å². The summed E-state index contributed by atoms with van der Waals surface area (Å²) in [7, 11) is 0. The second-order valence-electron chi connectivity index (χ2n) is 5.24. The van der Waals surface area contributed by atoms with Crippen LogP contribution in [0.1, 0.15) is 26.7 Å². The third-order valence-electron chi connectivity index (χ3n) is 3.84. The summed E-state index contributed by atoms with van der Waals surface area (Å²) in [5.41, 5.74) is 0. The van der Waals surface area contributed by atoms with Gasteiger partial charge in [-0.05, 0) is 38.5 Å². The van der Waals surface area contributed by atoms with Crippen molar-refractivity contribution < 1.29 is 9.90 Å². The summed E-state index contributed by atoms with van der Waals surface area (Å²) in [5.74, 6) is 1.49. The predicted molar refractivity (Wildman–Crippen MR) is 62.8 cm³/mol. The van der Waals surface area contributed by atoms with Crippen molar-refractivity contribution in [3.05, 3.63) is 12.2 Å². The Morgan fingerprint density at radius 1 is 1.44 bits per heavy atom. The highest BCUT2D eigenvalue weighted by Crippen LogP contribution is 2.44. The molecule has 1 fully saturated rings. The topological polar surface area (TPSA) is 40.5 Å². The van der Waals surface area contributed by atoms with Gasteiger partial charge in [-0.1, -0.05) is 12.2 Å². The average molecular weight is 223 g/mol. The molecule has 0 aromatic carbocycles. The highest BCUT2D eigenvalue weighted by molar-refractivity contribution is 5.80. The number of carbonyl (C=O) groups excluding carboxylic acids is 1. The minimum absolute atomic E-state index is 0.0561. The molecular weight excluding hydrogens is 202 g/mol. The zero-order valence-corrected chi connectivity index (χ0v) is 10.1. The quantitative estimate of drug-likeness (QED) is 0.732. The summed E-state index contributed by atoms with van der Waals surface area (Å²) >= 11 is 0. The zero-order chi connectivity index (χ0) is 11.7. The van der Waals surface area contributed by atoms with Crippen LogP contribution in [0.25, 0.3) is 0 Å². The molecule has 2 aliphatic carbocycles. The number of amides is 1. The fourth-order valence-electron chi connectivity index (χ4n) is 3.01. The molecule has 3 atom stereocenters. The molecule has 2 rings (SSSR count). The van der Waals surface area contributed by atoms with E-state index in [-0.39, 0.29) is 24.5 Å². The largest absolute Gasteiger partial charge is 0.395 e. The molecule has 0 aromatic rings. The zero-order valence-electron chi connectivity index (χ0n) is 10.1. The van der Waals surface area contributed by atoms with Crippen LogP contribution in [-0.4, -0.2) is 35.1 Å². The smallest absolute Gasteiger partial charge is 0.226 e. The molecule has 0 aliphatic heterocycles. The Morgan fingerprint density at radius 2 is 2.19 bits per heavy atom. The number of aliphatic hydroxyl groups excluding tert-OH is 1. The molecule has 3 nitrogen and oxygen atoms in total. The predicted octanol–water partition coefficient (Wildman–Crippen LogP) is 1.43. The van der Waals surface area contributed by atoms with Crippen molar-refractivity contribution in [2.24, 2.45) is 17.8 Å². The second-order valence-corrected chi connectivity index (χ2v) is 5.24. The molecule has 0 spiro atoms. The van der Waals surface area contributed by atoms with Gasteiger partial charge in [-0.3, -0.25) is 4.79 Å². The molecule has 1 amide bonds. The van der Waals surface area contributed by atoms with Crippen LogP contribution in [0.2, 0.25) is 0 Å². The normalized spacial score (nSPS) is 31.4. The van der Waals surface area contributed by atoms with Gasteiger partial charge in [0, 0.05) is 18.5 Å². The summed E-state index contributed by atoms with van der Waals surface area (Å²) in [6.07, 6.45) is 6.62. The van der Waals surface area contributed by atoms with Crippen molar-refractivity contribution in [3.63, 3.8) is 0 Å². The third kappa shape index (κ3) is 2.01. The molecule has 3 heteroatoms. The molecule has 1 N–H and O–H groups in total. The molecule has 0 radical (unpaired) electrons. The fourth-order valence-corrected chi connectivity index (χ4v) is 3.01. The van der Waals surface area contributed by atoms with E-state index in [0.29, 0.717) is 18.4 Å². The van der Waals surface area contributed by atoms with Crippen LogP contribution < -0.4 is 0 Å². The van der Waals surface area contributed by atoms with Gasteiger partial charge in [0.1, 0.15) is 0 Å². The maximum atomic E-state index is 12.3. The van der Waals surface area contributed by atoms with Crippen molar-refractivity contribution >= 4 is 5.91 Å². The fraction of sp³-hybridized carbons (Fsp3) is 0.769. The van der Waals surface area contributed by atoms with E-state index in [4.69, 9.17) is 5.11 Å². The van der Waals surface area contributed by atoms with Crippen LogP contribution in [0.4, 0.5) is 0 Å². The molecular formula is C13H21NO2. The van der Waals surface area contributed by atoms with E-state index < -0.39 is 0 Å². The standard InChI is InChI=1S/C13H21NO2/c1-9(2)14(5-6-15)13(16)12-8-10-3-4-11(12)7-10/h3-4,9-12,15H,5-8H2,1-2H3. The number of aliphatic hydroxyl groups is 1. The maximum absolute atomic E-state index is 12.3. The molecule has 2 bridgehead atoms. The van der Waals surface area contributed by atoms with Gasteiger partial charge >= 0.3 is 0 Å². The second kappa shape index (κ2) is 4.58. The van der Waals surface area contributed by atoms with E-state index in [1.807, 2.05) is 18.7 Å². The lowest BCUT2D eigenvalue weighted by Crippen LogP contribution is -2.43. The summed E-state index contributed by atoms with van der Waals surface area (Å²) in [6.45, 7) is 4.54. The summed E-state index contributed by atoms with van der Waals surface area (Å²) in [5, 5.41) is 9.00. The summed E-state index contributed by atoms with van der Waals surface area (Å²) in [6, 6.07) is 0.183. The first-order valence-corrected chi connectivity index (χ1v) is 6.23. The van der Waals surface area contributed by atoms with Gasteiger partial charge in [0.15, 0.2) is 0 Å². The number of carbonyl (C=O) groups is 1. The van der Waals surface area contributed by atoms with Crippen molar-refractivity contribution in [2.75, 3.05) is 13.2 Å². The van der Waals surface area contributed by atoms with Gasteiger partial charge in [-0.15, -0.1) is 0 Å². The van der Waals surface area contributed by atoms with Gasteiger partial charge in [-0.2, -0.15) is 0 Å². The molecule has 3 unspecified atom stereocenters. The Labute approximate surface area is 97.1 Å². The molecule has 0 aromatic heterocycles. The lowest BCUT2D eigenvalue weighted by Gasteiger charge is -2.30. The van der Waals surface area contributed by atoms with Crippen LogP contribution >= 0.6 is 0 Å². The van der Waals surface area contributed by atoms with E-state index in [2.05, 4.69) is 12.2 Å². The Morgan fingerprint density at radius 3 is 2.62 bits per heavy atom. The van der Waals surface area contributed by atoms with Crippen molar-refractivity contribution in [2.45, 2.75) is 32.7 Å². The van der Waals surface area contributed by atoms with Gasteiger partial charge < -0.3 is 10.0 Å². The lowest BCUT2D eigenvalue weighted by atomic mass is 9.92. The Balaban J connectivity index is 2.03. The SMILES string of the molecule is CC(C)N(CCO)C(=O)C1CC2C=CC1C2. The maximum Gasteiger partial charge on any atom is 0.226 e. The van der Waals surface area contributed by atoms with Crippen molar-refractivity contribution in [1.29, 1.82) is 0 Å². The number of fused-ring (bicyclic) bond motifs is 2. The van der Waals surface area contributed by atoms with Crippen LogP contribution in [0, 0.1) is 17.8 Å². The van der Waals surface area contributed by atoms with Crippen LogP contribution in [-0.2, 0) is 4.79 Å². The third-order valence-corrected chi connectivity index (χ3v) is 3.84. The number of hydrogen-bond donors (Lipinski definition) is 1. The molecule has 90 valence electrons. The number of nitrogens with zero attached hydrogens (tertiary/aromatic N) is 1. The molecule has 0 saturated heterocycles. The minimum atomic E-state index is 0.0561. The van der Waals surface area contributed by atoms with Crippen LogP contribution in [0.5, 0.6) is 0 Å². The molecule has 16 heavy (non-hydrogen) atoms. The lowest BCUT2D eigenvalue weighted by molar-refractivity contribution is -0.138. The van der Waals surface area contributed by atoms with Gasteiger partial charge in [0.2, 0.25) is 5.91 Å². The van der Waals surface area contributed by atoms with E-state index in [9.17, 15) is 4.79 Å². The highest BCUT2D eigenvalue weighted by Gasteiger charge is 2.41. The van der Waals surface area contributed by atoms with Gasteiger partial charge in [-0.25, -0.2) is 0 Å². The minimum Gasteiger partial charge on any atom is -0.395 e. The Bertz CT molecular complexity index is 298. The number of hydrogen-bond acceptors (Lipinski definition) is 2. The van der Waals surface area contributed by atoms with E-state index >= 15 is 0 Å². The summed E-state index contributed by atoms with van der Waals surface area (Å²) < 4.78 is 0. The van der Waals surface area contributed by atoms with Crippen LogP contribution in [0.15, 0.2) is 12.2 Å². The van der Waals surface area contributed by atoms with Gasteiger partial charge in [0.25, 0.3) is 0 Å². The van der Waals surface area contributed by atoms with E-state index in [1.54, 1.807) is 0 Å². The Kier molecular flexibility index (Phi) is 3.33. The Hall–Kier alpha value is -0.830. The first-order valence-electron chi connectivity index (χ1n) is 6.23. The first kappa shape index (κ1) is 11.6. The molecule has 1 saturated carbocycles. The average Bonchev–Trinajstić information content (AvgIpc) is 2.86. The number of allylic oxidation sites excluding steroid dienone is 2. The molecule has 2 aliphatic rings. The highest BCUT2D eigenvalue weighted by atomic mass is 16.3. The monoisotopic (exact) mass is 223 g/mol. The van der Waals surface area contributed by atoms with Crippen molar-refractivity contribution in [3.8, 4) is 0 Å². The van der Waals surface area contributed by atoms with Gasteiger partial charge in [0.05, 0.1) is 6.61 Å². The van der Waals surface area contributed by atoms with E-state index in [0.717, 1.165) is 12.8 Å². The molecule has 0 heterocycles. The first-order chi connectivity index (χ1) is 7.63. The summed E-state index contributed by atoms with van der Waals surface area (Å²) in [4.78, 5) is 14.2. The van der Waals surface area contributed by atoms with Crippen molar-refractivity contribution in [1.82, 2.24) is 4.90 Å².